The maximum Gasteiger partial charge on any atom is 0.306 e. The predicted molar refractivity (Wildman–Crippen MR) is 94.8 cm³/mol. The molecule has 0 amide bonds. The summed E-state index contributed by atoms with van der Waals surface area (Å²) in [6.07, 6.45) is 0.149. The van der Waals surface area contributed by atoms with Crippen molar-refractivity contribution in [3.05, 3.63) is 53.1 Å². The number of rotatable bonds is 5. The molecule has 1 unspecified atom stereocenters. The molecule has 5 N–H and O–H groups in total. The molecule has 0 radical (unpaired) electrons. The second-order valence-electron chi connectivity index (χ2n) is 5.81. The molecule has 24 heavy (non-hydrogen) atoms. The molecule has 0 aliphatic rings. The number of anilines is 2. The normalized spacial score (nSPS) is 11.8. The van der Waals surface area contributed by atoms with E-state index in [9.17, 15) is 9.90 Å². The van der Waals surface area contributed by atoms with Crippen LogP contribution in [0.5, 0.6) is 5.75 Å². The van der Waals surface area contributed by atoms with E-state index < -0.39 is 0 Å². The molecule has 0 heterocycles. The number of ether oxygens (including phenoxy) is 1. The van der Waals surface area contributed by atoms with Gasteiger partial charge in [0.1, 0.15) is 5.75 Å². The van der Waals surface area contributed by atoms with Crippen molar-refractivity contribution in [1.82, 2.24) is 0 Å². The van der Waals surface area contributed by atoms with Crippen LogP contribution in [0.15, 0.2) is 36.4 Å². The minimum Gasteiger partial charge on any atom is -0.508 e. The molecule has 0 bridgehead atoms. The number of phenolic OH excluding ortho intramolecular Hbond substituents is 1. The van der Waals surface area contributed by atoms with Gasteiger partial charge in [0.25, 0.3) is 0 Å². The van der Waals surface area contributed by atoms with E-state index in [0.29, 0.717) is 11.4 Å². The largest absolute Gasteiger partial charge is 0.508 e. The summed E-state index contributed by atoms with van der Waals surface area (Å²) in [6, 6.07) is 10.9. The molecule has 2 aromatic rings. The van der Waals surface area contributed by atoms with Crippen LogP contribution in [-0.4, -0.2) is 25.2 Å². The summed E-state index contributed by atoms with van der Waals surface area (Å²) in [5.41, 5.74) is 9.73. The van der Waals surface area contributed by atoms with Crippen LogP contribution in [0.25, 0.3) is 0 Å². The van der Waals surface area contributed by atoms with Gasteiger partial charge in [-0.15, -0.1) is 0 Å². The monoisotopic (exact) mass is 329 g/mol. The first-order valence-electron chi connectivity index (χ1n) is 7.57. The minimum absolute atomic E-state index is 0.149. The third kappa shape index (κ3) is 3.78. The molecule has 6 nitrogen and oxygen atoms in total. The van der Waals surface area contributed by atoms with Gasteiger partial charge in [0.2, 0.25) is 0 Å². The van der Waals surface area contributed by atoms with Crippen molar-refractivity contribution in [3.63, 3.8) is 0 Å². The standard InChI is InChI=1S/C18H23N3O3/c1-11-4-5-13(9-17(11)22)14(10-18(23)24-3)12-6-7-16(21(2)20)15(19)8-12/h4-9,14,22H,10,19-20H2,1-3H3. The zero-order chi connectivity index (χ0) is 17.9. The summed E-state index contributed by atoms with van der Waals surface area (Å²) in [6.45, 7) is 1.82. The Hall–Kier alpha value is -2.73. The third-order valence-corrected chi connectivity index (χ3v) is 4.07. The van der Waals surface area contributed by atoms with Gasteiger partial charge in [0.15, 0.2) is 0 Å². The average molecular weight is 329 g/mol. The lowest BCUT2D eigenvalue weighted by atomic mass is 9.87. The number of hydrogen-bond donors (Lipinski definition) is 3. The molecule has 0 aliphatic carbocycles. The van der Waals surface area contributed by atoms with Crippen LogP contribution >= 0.6 is 0 Å². The van der Waals surface area contributed by atoms with Crippen molar-refractivity contribution in [2.45, 2.75) is 19.3 Å². The van der Waals surface area contributed by atoms with Gasteiger partial charge in [-0.3, -0.25) is 4.79 Å². The molecule has 0 aliphatic heterocycles. The van der Waals surface area contributed by atoms with Gasteiger partial charge in [-0.25, -0.2) is 5.84 Å². The Morgan fingerprint density at radius 3 is 2.42 bits per heavy atom. The summed E-state index contributed by atoms with van der Waals surface area (Å²) >= 11 is 0. The van der Waals surface area contributed by atoms with Crippen molar-refractivity contribution in [2.75, 3.05) is 24.9 Å². The summed E-state index contributed by atoms with van der Waals surface area (Å²) < 4.78 is 4.81. The number of aromatic hydroxyl groups is 1. The summed E-state index contributed by atoms with van der Waals surface area (Å²) in [5.74, 6) is 5.32. The van der Waals surface area contributed by atoms with Crippen LogP contribution in [0.3, 0.4) is 0 Å². The van der Waals surface area contributed by atoms with Gasteiger partial charge >= 0.3 is 5.97 Å². The second kappa shape index (κ2) is 7.23. The Morgan fingerprint density at radius 2 is 1.88 bits per heavy atom. The second-order valence-corrected chi connectivity index (χ2v) is 5.81. The van der Waals surface area contributed by atoms with Gasteiger partial charge in [0.05, 0.1) is 24.9 Å². The number of hydrazine groups is 1. The summed E-state index contributed by atoms with van der Waals surface area (Å²) in [5, 5.41) is 11.4. The Balaban J connectivity index is 2.48. The fourth-order valence-corrected chi connectivity index (χ4v) is 2.63. The topological polar surface area (TPSA) is 102 Å². The lowest BCUT2D eigenvalue weighted by Crippen LogP contribution is -2.26. The molecule has 6 heteroatoms. The van der Waals surface area contributed by atoms with E-state index in [0.717, 1.165) is 16.7 Å². The highest BCUT2D eigenvalue weighted by atomic mass is 16.5. The Morgan fingerprint density at radius 1 is 1.25 bits per heavy atom. The lowest BCUT2D eigenvalue weighted by Gasteiger charge is -2.21. The molecule has 0 fully saturated rings. The van der Waals surface area contributed by atoms with E-state index in [2.05, 4.69) is 0 Å². The van der Waals surface area contributed by atoms with Gasteiger partial charge in [-0.05, 0) is 41.8 Å². The number of aryl methyl sites for hydroxylation is 1. The Labute approximate surface area is 141 Å². The number of phenols is 1. The van der Waals surface area contributed by atoms with E-state index >= 15 is 0 Å². The number of nitrogens with zero attached hydrogens (tertiary/aromatic N) is 1. The number of nitrogens with two attached hydrogens (primary N) is 2. The SMILES string of the molecule is COC(=O)CC(c1ccc(N(C)N)c(N)c1)c1ccc(C)c(O)c1. The fourth-order valence-electron chi connectivity index (χ4n) is 2.63. The maximum absolute atomic E-state index is 11.8. The van der Waals surface area contributed by atoms with E-state index in [-0.39, 0.29) is 24.1 Å². The van der Waals surface area contributed by atoms with Crippen molar-refractivity contribution in [1.29, 1.82) is 0 Å². The van der Waals surface area contributed by atoms with Crippen LogP contribution in [0.4, 0.5) is 11.4 Å². The van der Waals surface area contributed by atoms with Gasteiger partial charge < -0.3 is 20.6 Å². The van der Waals surface area contributed by atoms with Crippen molar-refractivity contribution >= 4 is 17.3 Å². The van der Waals surface area contributed by atoms with Gasteiger partial charge in [-0.2, -0.15) is 0 Å². The molecule has 0 saturated carbocycles. The molecule has 2 aromatic carbocycles. The van der Waals surface area contributed by atoms with Gasteiger partial charge in [0, 0.05) is 13.0 Å². The number of carbonyl (C=O) groups excluding carboxylic acids is 1. The van der Waals surface area contributed by atoms with E-state index in [4.69, 9.17) is 16.3 Å². The maximum atomic E-state index is 11.8. The number of hydrogen-bond acceptors (Lipinski definition) is 6. The molecule has 2 rings (SSSR count). The van der Waals surface area contributed by atoms with Crippen molar-refractivity contribution in [3.8, 4) is 5.75 Å². The average Bonchev–Trinajstić information content (AvgIpc) is 2.54. The molecule has 0 spiro atoms. The van der Waals surface area contributed by atoms with Gasteiger partial charge in [-0.1, -0.05) is 18.2 Å². The molecule has 0 saturated heterocycles. The number of carbonyl (C=O) groups is 1. The smallest absolute Gasteiger partial charge is 0.306 e. The number of methoxy groups -OCH3 is 1. The van der Waals surface area contributed by atoms with Crippen LogP contribution in [0, 0.1) is 6.92 Å². The fraction of sp³-hybridized carbons (Fsp3) is 0.278. The van der Waals surface area contributed by atoms with E-state index in [1.807, 2.05) is 31.2 Å². The minimum atomic E-state index is -0.335. The summed E-state index contributed by atoms with van der Waals surface area (Å²) in [7, 11) is 3.06. The lowest BCUT2D eigenvalue weighted by molar-refractivity contribution is -0.140. The van der Waals surface area contributed by atoms with Crippen molar-refractivity contribution < 1.29 is 14.6 Å². The number of benzene rings is 2. The highest BCUT2D eigenvalue weighted by Gasteiger charge is 2.20. The number of esters is 1. The zero-order valence-corrected chi connectivity index (χ0v) is 14.1. The van der Waals surface area contributed by atoms with Crippen LogP contribution in [0.1, 0.15) is 29.0 Å². The molecular weight excluding hydrogens is 306 g/mol. The first-order valence-corrected chi connectivity index (χ1v) is 7.57. The molecule has 1 atom stereocenters. The first-order chi connectivity index (χ1) is 11.3. The Bertz CT molecular complexity index is 744. The zero-order valence-electron chi connectivity index (χ0n) is 14.1. The van der Waals surface area contributed by atoms with Crippen LogP contribution in [0.2, 0.25) is 0 Å². The van der Waals surface area contributed by atoms with E-state index in [1.54, 1.807) is 19.2 Å². The molecule has 0 aromatic heterocycles. The van der Waals surface area contributed by atoms with Crippen LogP contribution < -0.4 is 16.6 Å². The van der Waals surface area contributed by atoms with E-state index in [1.165, 1.54) is 12.1 Å². The third-order valence-electron chi connectivity index (χ3n) is 4.07. The summed E-state index contributed by atoms with van der Waals surface area (Å²) in [4.78, 5) is 11.8. The highest BCUT2D eigenvalue weighted by Crippen LogP contribution is 2.34. The first kappa shape index (κ1) is 17.6. The Kier molecular flexibility index (Phi) is 5.31. The molecular formula is C18H23N3O3. The quantitative estimate of drug-likeness (QED) is 0.337. The van der Waals surface area contributed by atoms with Crippen molar-refractivity contribution in [2.24, 2.45) is 5.84 Å². The highest BCUT2D eigenvalue weighted by molar-refractivity contribution is 5.73. The predicted octanol–water partition coefficient (Wildman–Crippen LogP) is 2.29. The van der Waals surface area contributed by atoms with Crippen LogP contribution in [-0.2, 0) is 9.53 Å². The molecule has 128 valence electrons. The number of nitrogen functional groups attached to an aromatic ring is 1.